The first-order valence-corrected chi connectivity index (χ1v) is 10.1. The van der Waals surface area contributed by atoms with E-state index >= 15 is 0 Å². The molecule has 1 aliphatic carbocycles. The number of aromatic nitrogens is 2. The predicted octanol–water partition coefficient (Wildman–Crippen LogP) is 5.27. The number of hydrogen-bond acceptors (Lipinski definition) is 4. The summed E-state index contributed by atoms with van der Waals surface area (Å²) in [7, 11) is 0. The number of benzene rings is 1. The van der Waals surface area contributed by atoms with E-state index in [1.54, 1.807) is 29.8 Å². The van der Waals surface area contributed by atoms with Crippen LogP contribution >= 0.6 is 34.8 Å². The number of ketones is 1. The molecule has 2 aromatic rings. The standard InChI is InChI=1S/C20H19Cl3N2O3/c1-12-15(8-9-19(27)28-18-5-3-2-4-17(18)26)20(23)25(24-12)11-13-6-7-14(21)10-16(13)22/h6-10,18H,2-5,11H2,1H3. The summed E-state index contributed by atoms with van der Waals surface area (Å²) in [5, 5.41) is 5.86. The Kier molecular flexibility index (Phi) is 6.81. The highest BCUT2D eigenvalue weighted by Gasteiger charge is 2.25. The molecule has 5 nitrogen and oxygen atoms in total. The lowest BCUT2D eigenvalue weighted by molar-refractivity contribution is -0.152. The van der Waals surface area contributed by atoms with Gasteiger partial charge in [-0.1, -0.05) is 40.9 Å². The van der Waals surface area contributed by atoms with E-state index in [-0.39, 0.29) is 5.78 Å². The number of rotatable bonds is 5. The Morgan fingerprint density at radius 2 is 2.11 bits per heavy atom. The van der Waals surface area contributed by atoms with Crippen LogP contribution in [0.2, 0.25) is 15.2 Å². The van der Waals surface area contributed by atoms with Crippen molar-refractivity contribution in [3.8, 4) is 0 Å². The minimum absolute atomic E-state index is 0.0186. The molecule has 1 unspecified atom stereocenters. The highest BCUT2D eigenvalue weighted by molar-refractivity contribution is 6.35. The van der Waals surface area contributed by atoms with Crippen LogP contribution < -0.4 is 0 Å². The van der Waals surface area contributed by atoms with Gasteiger partial charge in [0.25, 0.3) is 0 Å². The van der Waals surface area contributed by atoms with Gasteiger partial charge in [0.2, 0.25) is 0 Å². The van der Waals surface area contributed by atoms with Crippen molar-refractivity contribution in [1.29, 1.82) is 0 Å². The Labute approximate surface area is 178 Å². The zero-order valence-electron chi connectivity index (χ0n) is 15.3. The molecule has 3 rings (SSSR count). The summed E-state index contributed by atoms with van der Waals surface area (Å²) in [6.45, 7) is 2.16. The van der Waals surface area contributed by atoms with Gasteiger partial charge in [0.15, 0.2) is 11.9 Å². The van der Waals surface area contributed by atoms with Gasteiger partial charge in [0.1, 0.15) is 5.15 Å². The fourth-order valence-electron chi connectivity index (χ4n) is 3.08. The number of carbonyl (C=O) groups is 2. The number of carbonyl (C=O) groups excluding carboxylic acids is 2. The summed E-state index contributed by atoms with van der Waals surface area (Å²) in [5.74, 6) is -0.584. The van der Waals surface area contributed by atoms with Crippen molar-refractivity contribution in [2.75, 3.05) is 0 Å². The first-order chi connectivity index (χ1) is 13.3. The summed E-state index contributed by atoms with van der Waals surface area (Å²) in [4.78, 5) is 23.8. The second-order valence-corrected chi connectivity index (χ2v) is 7.86. The fourth-order valence-corrected chi connectivity index (χ4v) is 3.84. The number of Topliss-reactive ketones (excluding diaryl/α,β-unsaturated/α-hetero) is 1. The molecule has 0 N–H and O–H groups in total. The monoisotopic (exact) mass is 440 g/mol. The average Bonchev–Trinajstić information content (AvgIpc) is 2.91. The Morgan fingerprint density at radius 3 is 2.82 bits per heavy atom. The van der Waals surface area contributed by atoms with E-state index in [0.717, 1.165) is 18.4 Å². The molecule has 28 heavy (non-hydrogen) atoms. The van der Waals surface area contributed by atoms with Crippen LogP contribution in [0.15, 0.2) is 24.3 Å². The van der Waals surface area contributed by atoms with Crippen LogP contribution in [-0.2, 0) is 20.9 Å². The molecular formula is C20H19Cl3N2O3. The molecule has 1 saturated carbocycles. The van der Waals surface area contributed by atoms with Crippen LogP contribution in [0.3, 0.4) is 0 Å². The Hall–Kier alpha value is -1.82. The van der Waals surface area contributed by atoms with Crippen molar-refractivity contribution in [1.82, 2.24) is 9.78 Å². The summed E-state index contributed by atoms with van der Waals surface area (Å²) >= 11 is 18.6. The Bertz CT molecular complexity index is 937. The molecule has 1 fully saturated rings. The van der Waals surface area contributed by atoms with E-state index in [1.165, 1.54) is 6.08 Å². The molecule has 0 saturated heterocycles. The maximum absolute atomic E-state index is 12.1. The molecule has 1 aromatic carbocycles. The van der Waals surface area contributed by atoms with E-state index in [4.69, 9.17) is 39.5 Å². The fraction of sp³-hybridized carbons (Fsp3) is 0.350. The maximum Gasteiger partial charge on any atom is 0.331 e. The number of halogens is 3. The van der Waals surface area contributed by atoms with E-state index in [2.05, 4.69) is 5.10 Å². The third-order valence-corrected chi connectivity index (χ3v) is 5.57. The molecule has 148 valence electrons. The summed E-state index contributed by atoms with van der Waals surface area (Å²) in [6, 6.07) is 5.22. The lowest BCUT2D eigenvalue weighted by Crippen LogP contribution is -2.29. The SMILES string of the molecule is Cc1nn(Cc2ccc(Cl)cc2Cl)c(Cl)c1C=CC(=O)OC1CCCCC1=O. The van der Waals surface area contributed by atoms with Crippen LogP contribution in [0.1, 0.15) is 42.5 Å². The quantitative estimate of drug-likeness (QED) is 0.468. The minimum atomic E-state index is -0.641. The molecule has 1 atom stereocenters. The smallest absolute Gasteiger partial charge is 0.331 e. The normalized spacial score (nSPS) is 17.3. The van der Waals surface area contributed by atoms with Gasteiger partial charge in [-0.15, -0.1) is 0 Å². The first kappa shape index (κ1) is 20.9. The lowest BCUT2D eigenvalue weighted by atomic mass is 9.96. The van der Waals surface area contributed by atoms with Gasteiger partial charge in [-0.25, -0.2) is 9.48 Å². The van der Waals surface area contributed by atoms with Gasteiger partial charge in [-0.3, -0.25) is 4.79 Å². The number of ether oxygens (including phenoxy) is 1. The molecule has 8 heteroatoms. The Morgan fingerprint density at radius 1 is 1.32 bits per heavy atom. The molecule has 1 aliphatic rings. The van der Waals surface area contributed by atoms with Gasteiger partial charge in [0.05, 0.1) is 12.2 Å². The summed E-state index contributed by atoms with van der Waals surface area (Å²) < 4.78 is 6.86. The number of hydrogen-bond donors (Lipinski definition) is 0. The van der Waals surface area contributed by atoms with Gasteiger partial charge in [-0.2, -0.15) is 5.10 Å². The van der Waals surface area contributed by atoms with E-state index in [9.17, 15) is 9.59 Å². The van der Waals surface area contributed by atoms with Crippen LogP contribution in [0.5, 0.6) is 0 Å². The van der Waals surface area contributed by atoms with Gasteiger partial charge >= 0.3 is 5.97 Å². The van der Waals surface area contributed by atoms with E-state index < -0.39 is 12.1 Å². The molecular weight excluding hydrogens is 423 g/mol. The second kappa shape index (κ2) is 9.12. The van der Waals surface area contributed by atoms with Crippen molar-refractivity contribution >= 4 is 52.6 Å². The number of aryl methyl sites for hydroxylation is 1. The summed E-state index contributed by atoms with van der Waals surface area (Å²) in [5.41, 5.74) is 2.09. The average molecular weight is 442 g/mol. The third kappa shape index (κ3) is 4.96. The molecule has 0 amide bonds. The molecule has 1 heterocycles. The van der Waals surface area contributed by atoms with E-state index in [0.29, 0.717) is 45.8 Å². The van der Waals surface area contributed by atoms with Gasteiger partial charge < -0.3 is 4.74 Å². The zero-order chi connectivity index (χ0) is 20.3. The van der Waals surface area contributed by atoms with E-state index in [1.807, 2.05) is 6.07 Å². The Balaban J connectivity index is 1.71. The van der Waals surface area contributed by atoms with Crippen LogP contribution in [-0.4, -0.2) is 27.6 Å². The van der Waals surface area contributed by atoms with Gasteiger partial charge in [0, 0.05) is 28.1 Å². The van der Waals surface area contributed by atoms with Crippen LogP contribution in [0, 0.1) is 6.92 Å². The predicted molar refractivity (Wildman–Crippen MR) is 110 cm³/mol. The van der Waals surface area contributed by atoms with Crippen LogP contribution in [0.25, 0.3) is 6.08 Å². The molecule has 0 bridgehead atoms. The van der Waals surface area contributed by atoms with Crippen molar-refractivity contribution < 1.29 is 14.3 Å². The second-order valence-electron chi connectivity index (χ2n) is 6.65. The lowest BCUT2D eigenvalue weighted by Gasteiger charge is -2.19. The largest absolute Gasteiger partial charge is 0.451 e. The minimum Gasteiger partial charge on any atom is -0.451 e. The highest BCUT2D eigenvalue weighted by atomic mass is 35.5. The van der Waals surface area contributed by atoms with Crippen molar-refractivity contribution in [3.63, 3.8) is 0 Å². The van der Waals surface area contributed by atoms with Crippen molar-refractivity contribution in [2.24, 2.45) is 0 Å². The first-order valence-electron chi connectivity index (χ1n) is 8.93. The third-order valence-electron chi connectivity index (χ3n) is 4.59. The van der Waals surface area contributed by atoms with Crippen molar-refractivity contribution in [3.05, 3.63) is 56.3 Å². The maximum atomic E-state index is 12.1. The van der Waals surface area contributed by atoms with Gasteiger partial charge in [-0.05, 0) is 50.0 Å². The van der Waals surface area contributed by atoms with Crippen LogP contribution in [0.4, 0.5) is 0 Å². The topological polar surface area (TPSA) is 61.2 Å². The number of nitrogens with zero attached hydrogens (tertiary/aromatic N) is 2. The zero-order valence-corrected chi connectivity index (χ0v) is 17.5. The molecule has 0 spiro atoms. The highest BCUT2D eigenvalue weighted by Crippen LogP contribution is 2.26. The molecule has 1 aromatic heterocycles. The summed E-state index contributed by atoms with van der Waals surface area (Å²) in [6.07, 6.45) is 4.98. The number of esters is 1. The molecule has 0 aliphatic heterocycles. The molecule has 0 radical (unpaired) electrons. The van der Waals surface area contributed by atoms with Crippen molar-refractivity contribution in [2.45, 2.75) is 45.3 Å².